The molecule has 32 heavy (non-hydrogen) atoms. The zero-order chi connectivity index (χ0) is 22.7. The van der Waals surface area contributed by atoms with Gasteiger partial charge in [-0.05, 0) is 73.4 Å². The number of benzene rings is 1. The molecular weight excluding hydrogens is 406 g/mol. The van der Waals surface area contributed by atoms with Crippen LogP contribution in [0.1, 0.15) is 64.5 Å². The molecule has 0 radical (unpaired) electrons. The van der Waals surface area contributed by atoms with E-state index >= 15 is 0 Å². The molecule has 1 aromatic rings. The normalized spacial score (nSPS) is 30.2. The quantitative estimate of drug-likeness (QED) is 0.698. The molecule has 6 nitrogen and oxygen atoms in total. The minimum atomic E-state index is -1.44. The lowest BCUT2D eigenvalue weighted by Gasteiger charge is -2.43. The Labute approximate surface area is 190 Å². The second-order valence-electron chi connectivity index (χ2n) is 10.4. The second kappa shape index (κ2) is 7.77. The Morgan fingerprint density at radius 3 is 2.78 bits per heavy atom. The largest absolute Gasteiger partial charge is 0.457 e. The molecule has 5 rings (SSSR count). The van der Waals surface area contributed by atoms with Crippen LogP contribution in [-0.4, -0.2) is 53.1 Å². The average molecular weight is 442 g/mol. The summed E-state index contributed by atoms with van der Waals surface area (Å²) in [6.07, 6.45) is 5.68. The van der Waals surface area contributed by atoms with Crippen molar-refractivity contribution in [1.82, 2.24) is 4.90 Å². The van der Waals surface area contributed by atoms with Crippen LogP contribution >= 0.6 is 0 Å². The predicted molar refractivity (Wildman–Crippen MR) is 122 cm³/mol. The summed E-state index contributed by atoms with van der Waals surface area (Å²) in [6.45, 7) is 10.2. The Morgan fingerprint density at radius 1 is 1.31 bits per heavy atom. The highest BCUT2D eigenvalue weighted by molar-refractivity contribution is 5.84. The van der Waals surface area contributed by atoms with Crippen LogP contribution in [-0.2, 0) is 16.0 Å². The van der Waals surface area contributed by atoms with Gasteiger partial charge in [-0.3, -0.25) is 4.90 Å². The van der Waals surface area contributed by atoms with Crippen LogP contribution < -0.4 is 9.47 Å². The van der Waals surface area contributed by atoms with Crippen molar-refractivity contribution in [3.63, 3.8) is 0 Å². The molecule has 3 aliphatic heterocycles. The van der Waals surface area contributed by atoms with E-state index in [2.05, 4.69) is 30.0 Å². The van der Waals surface area contributed by atoms with Gasteiger partial charge in [-0.2, -0.15) is 0 Å². The fourth-order valence-corrected chi connectivity index (χ4v) is 6.42. The van der Waals surface area contributed by atoms with E-state index in [0.717, 1.165) is 43.9 Å². The van der Waals surface area contributed by atoms with E-state index < -0.39 is 11.6 Å². The first-order chi connectivity index (χ1) is 15.3. The van der Waals surface area contributed by atoms with Gasteiger partial charge in [0.05, 0.1) is 5.54 Å². The van der Waals surface area contributed by atoms with E-state index in [9.17, 15) is 9.90 Å². The Hall–Kier alpha value is -2.05. The number of fused-ring (bicyclic) bond motifs is 3. The number of aliphatic hydroxyl groups is 1. The van der Waals surface area contributed by atoms with Crippen LogP contribution in [0.3, 0.4) is 0 Å². The molecule has 1 spiro atoms. The Morgan fingerprint density at radius 2 is 2.06 bits per heavy atom. The second-order valence-corrected chi connectivity index (χ2v) is 10.4. The number of hydrogen-bond donors (Lipinski definition) is 1. The number of esters is 1. The molecule has 3 heterocycles. The zero-order valence-corrected chi connectivity index (χ0v) is 19.6. The van der Waals surface area contributed by atoms with Gasteiger partial charge in [-0.25, -0.2) is 4.79 Å². The van der Waals surface area contributed by atoms with E-state index in [1.54, 1.807) is 0 Å². The first-order valence-corrected chi connectivity index (χ1v) is 12.1. The highest BCUT2D eigenvalue weighted by Gasteiger charge is 2.58. The summed E-state index contributed by atoms with van der Waals surface area (Å²) in [5.41, 5.74) is 1.91. The summed E-state index contributed by atoms with van der Waals surface area (Å²) >= 11 is 0. The van der Waals surface area contributed by atoms with Gasteiger partial charge in [-0.1, -0.05) is 33.8 Å². The number of nitrogens with zero attached hydrogens (tertiary/aromatic N) is 1. The number of ether oxygens (including phenoxy) is 3. The zero-order valence-electron chi connectivity index (χ0n) is 19.6. The van der Waals surface area contributed by atoms with Gasteiger partial charge in [-0.15, -0.1) is 0 Å². The van der Waals surface area contributed by atoms with Crippen molar-refractivity contribution >= 4 is 11.5 Å². The fourth-order valence-electron chi connectivity index (χ4n) is 6.42. The lowest BCUT2D eigenvalue weighted by molar-refractivity contribution is -0.180. The minimum absolute atomic E-state index is 0.0612. The monoisotopic (exact) mass is 441 g/mol. The molecule has 0 amide bonds. The molecule has 4 aliphatic rings. The maximum Gasteiger partial charge on any atom is 0.338 e. The summed E-state index contributed by atoms with van der Waals surface area (Å²) in [6, 6.07) is 4.24. The van der Waals surface area contributed by atoms with Gasteiger partial charge in [0.15, 0.2) is 17.1 Å². The molecule has 1 aromatic carbocycles. The highest BCUT2D eigenvalue weighted by Crippen LogP contribution is 2.55. The van der Waals surface area contributed by atoms with Crippen LogP contribution in [0.15, 0.2) is 18.2 Å². The molecule has 1 fully saturated rings. The van der Waals surface area contributed by atoms with Gasteiger partial charge in [0.2, 0.25) is 6.79 Å². The third-order valence-electron chi connectivity index (χ3n) is 7.88. The summed E-state index contributed by atoms with van der Waals surface area (Å²) < 4.78 is 17.6. The maximum atomic E-state index is 13.3. The molecule has 1 N–H and O–H groups in total. The van der Waals surface area contributed by atoms with E-state index in [-0.39, 0.29) is 30.3 Å². The maximum absolute atomic E-state index is 13.3. The third kappa shape index (κ3) is 3.18. The van der Waals surface area contributed by atoms with E-state index in [0.29, 0.717) is 12.8 Å². The lowest BCUT2D eigenvalue weighted by Crippen LogP contribution is -2.56. The third-order valence-corrected chi connectivity index (χ3v) is 7.88. The Kier molecular flexibility index (Phi) is 5.29. The van der Waals surface area contributed by atoms with E-state index in [4.69, 9.17) is 14.2 Å². The summed E-state index contributed by atoms with van der Waals surface area (Å²) in [7, 11) is 0. The van der Waals surface area contributed by atoms with Crippen molar-refractivity contribution < 1.29 is 24.1 Å². The number of carbonyl (C=O) groups excluding carboxylic acids is 1. The number of rotatable bonds is 5. The van der Waals surface area contributed by atoms with Crippen LogP contribution in [0.25, 0.3) is 5.57 Å². The number of hydrogen-bond acceptors (Lipinski definition) is 6. The molecule has 6 heteroatoms. The molecule has 1 saturated heterocycles. The molecule has 4 unspecified atom stereocenters. The summed E-state index contributed by atoms with van der Waals surface area (Å²) in [4.78, 5) is 15.8. The molecule has 1 aliphatic carbocycles. The fraction of sp³-hybridized carbons (Fsp3) is 0.654. The highest BCUT2D eigenvalue weighted by atomic mass is 16.7. The smallest absolute Gasteiger partial charge is 0.338 e. The van der Waals surface area contributed by atoms with Gasteiger partial charge >= 0.3 is 5.97 Å². The van der Waals surface area contributed by atoms with Crippen molar-refractivity contribution in [2.75, 3.05) is 19.9 Å². The Bertz CT molecular complexity index is 956. The van der Waals surface area contributed by atoms with Crippen LogP contribution in [0.5, 0.6) is 11.5 Å². The molecule has 0 bridgehead atoms. The number of carbonyl (C=O) groups is 1. The first kappa shape index (κ1) is 21.8. The van der Waals surface area contributed by atoms with Crippen molar-refractivity contribution in [2.45, 2.75) is 77.0 Å². The molecular formula is C26H35NO5. The SMILES string of the molecule is CCC(O)(CC(C)C)C(=O)OC1C(C)C=C2c3cc4c(cc3CCN3CCCC213)OCO4. The predicted octanol–water partition coefficient (Wildman–Crippen LogP) is 3.94. The van der Waals surface area contributed by atoms with Gasteiger partial charge in [0.1, 0.15) is 6.10 Å². The molecule has 0 saturated carbocycles. The van der Waals surface area contributed by atoms with Crippen molar-refractivity contribution in [2.24, 2.45) is 11.8 Å². The van der Waals surface area contributed by atoms with Crippen LogP contribution in [0.4, 0.5) is 0 Å². The van der Waals surface area contributed by atoms with Gasteiger partial charge in [0.25, 0.3) is 0 Å². The molecule has 4 atom stereocenters. The topological polar surface area (TPSA) is 68.2 Å². The molecule has 174 valence electrons. The van der Waals surface area contributed by atoms with Crippen molar-refractivity contribution in [3.05, 3.63) is 29.3 Å². The van der Waals surface area contributed by atoms with Gasteiger partial charge < -0.3 is 19.3 Å². The van der Waals surface area contributed by atoms with Crippen LogP contribution in [0.2, 0.25) is 0 Å². The van der Waals surface area contributed by atoms with E-state index in [1.165, 1.54) is 16.7 Å². The first-order valence-electron chi connectivity index (χ1n) is 12.1. The minimum Gasteiger partial charge on any atom is -0.457 e. The Balaban J connectivity index is 1.53. The van der Waals surface area contributed by atoms with Crippen molar-refractivity contribution in [1.29, 1.82) is 0 Å². The average Bonchev–Trinajstić information content (AvgIpc) is 3.43. The molecule has 0 aromatic heterocycles. The summed E-state index contributed by atoms with van der Waals surface area (Å²) in [5.74, 6) is 1.40. The lowest BCUT2D eigenvalue weighted by atomic mass is 9.81. The summed E-state index contributed by atoms with van der Waals surface area (Å²) in [5, 5.41) is 11.1. The van der Waals surface area contributed by atoms with Crippen molar-refractivity contribution in [3.8, 4) is 11.5 Å². The van der Waals surface area contributed by atoms with Gasteiger partial charge in [0, 0.05) is 12.5 Å². The van der Waals surface area contributed by atoms with Crippen LogP contribution in [0, 0.1) is 11.8 Å². The standard InChI is InChI=1S/C26H35NO5/c1-5-25(29,14-16(2)3)24(28)32-23-17(4)11-20-19-13-22-21(30-15-31-22)12-18(19)7-10-27-9-6-8-26(20,23)27/h11-13,16-17,23,29H,5-10,14-15H2,1-4H3. The van der Waals surface area contributed by atoms with E-state index in [1.807, 2.05) is 20.8 Å².